The molecule has 0 amide bonds. The number of rotatable bonds is 2. The molecular weight excluding hydrogens is 484 g/mol. The van der Waals surface area contributed by atoms with E-state index in [1.54, 1.807) is 12.5 Å². The van der Waals surface area contributed by atoms with E-state index >= 15 is 0 Å². The van der Waals surface area contributed by atoms with Crippen LogP contribution in [0.25, 0.3) is 0 Å². The minimum atomic E-state index is -0.953. The summed E-state index contributed by atoms with van der Waals surface area (Å²) >= 11 is 0. The predicted molar refractivity (Wildman–Crippen MR) is 143 cm³/mol. The Hall–Kier alpha value is -1.41. The first-order valence-electron chi connectivity index (χ1n) is 14.5. The first-order chi connectivity index (χ1) is 17.9. The molecule has 7 heterocycles. The lowest BCUT2D eigenvalue weighted by Crippen LogP contribution is -2.62. The van der Waals surface area contributed by atoms with Gasteiger partial charge >= 0.3 is 0 Å². The Morgan fingerprint density at radius 1 is 0.892 bits per heavy atom. The van der Waals surface area contributed by atoms with Gasteiger partial charge in [0.25, 0.3) is 0 Å². The van der Waals surface area contributed by atoms with Gasteiger partial charge in [0.1, 0.15) is 6.23 Å². The van der Waals surface area contributed by atoms with Crippen molar-refractivity contribution in [2.24, 2.45) is 17.3 Å². The number of hydrogen-bond acceptors (Lipinski definition) is 6. The average Bonchev–Trinajstić information content (AvgIpc) is 3.65. The van der Waals surface area contributed by atoms with Gasteiger partial charge in [0.15, 0.2) is 0 Å². The highest BCUT2D eigenvalue weighted by Crippen LogP contribution is 2.58. The molecule has 2 aromatic rings. The second-order valence-electron chi connectivity index (χ2n) is 13.2. The summed E-state index contributed by atoms with van der Waals surface area (Å²) < 4.78 is 24.9. The highest BCUT2D eigenvalue weighted by atomic mass is 32.2. The van der Waals surface area contributed by atoms with Crippen molar-refractivity contribution >= 4 is 10.8 Å². The Labute approximate surface area is 223 Å². The molecule has 7 heteroatoms. The molecule has 2 spiro atoms. The molecule has 0 saturated carbocycles. The largest absolute Gasteiger partial charge is 0.472 e. The summed E-state index contributed by atoms with van der Waals surface area (Å²) in [4.78, 5) is 5.11. The Balaban J connectivity index is 1.19. The summed E-state index contributed by atoms with van der Waals surface area (Å²) in [6.45, 7) is 5.62. The van der Waals surface area contributed by atoms with Crippen molar-refractivity contribution < 1.29 is 18.1 Å². The number of hydrogen-bond donors (Lipinski definition) is 1. The quantitative estimate of drug-likeness (QED) is 0.546. The summed E-state index contributed by atoms with van der Waals surface area (Å²) in [6.07, 6.45) is 16.4. The summed E-state index contributed by atoms with van der Waals surface area (Å²) in [5.74, 6) is 1.86. The smallest absolute Gasteiger partial charge is 0.114 e. The molecule has 0 radical (unpaired) electrons. The van der Waals surface area contributed by atoms with Crippen LogP contribution in [0.4, 0.5) is 0 Å². The van der Waals surface area contributed by atoms with Gasteiger partial charge in [0, 0.05) is 63.8 Å². The topological polar surface area (TPSA) is 70.1 Å². The fourth-order valence-electron chi connectivity index (χ4n) is 9.26. The van der Waals surface area contributed by atoms with E-state index in [1.807, 2.05) is 12.5 Å². The summed E-state index contributed by atoms with van der Waals surface area (Å²) in [5, 5.41) is 12.2. The summed E-state index contributed by atoms with van der Waals surface area (Å²) in [5.41, 5.74) is 2.14. The number of fused-ring (bicyclic) bond motifs is 2. The normalized spacial score (nSPS) is 46.8. The monoisotopic (exact) mass is 526 g/mol. The van der Waals surface area contributed by atoms with Crippen LogP contribution in [0.15, 0.2) is 46.0 Å². The van der Waals surface area contributed by atoms with Crippen molar-refractivity contribution in [2.75, 3.05) is 12.3 Å². The van der Waals surface area contributed by atoms with Gasteiger partial charge in [0.05, 0.1) is 29.8 Å². The number of aliphatic hydroxyl groups excluding tert-OH is 1. The van der Waals surface area contributed by atoms with Crippen LogP contribution in [0.5, 0.6) is 0 Å². The van der Waals surface area contributed by atoms with Crippen molar-refractivity contribution in [3.63, 3.8) is 0 Å². The van der Waals surface area contributed by atoms with Crippen LogP contribution in [0.1, 0.15) is 94.8 Å². The number of nitrogens with zero attached hydrogens (tertiary/aromatic N) is 2. The molecular formula is C30H42N2O4S. The molecule has 5 saturated heterocycles. The maximum Gasteiger partial charge on any atom is 0.114 e. The van der Waals surface area contributed by atoms with Crippen LogP contribution < -0.4 is 0 Å². The van der Waals surface area contributed by atoms with Gasteiger partial charge in [-0.3, -0.25) is 14.0 Å². The Bertz CT molecular complexity index is 1120. The van der Waals surface area contributed by atoms with Gasteiger partial charge in [-0.25, -0.2) is 0 Å². The van der Waals surface area contributed by atoms with E-state index < -0.39 is 17.0 Å². The maximum absolute atomic E-state index is 14.2. The van der Waals surface area contributed by atoms with E-state index in [-0.39, 0.29) is 16.2 Å². The lowest BCUT2D eigenvalue weighted by Gasteiger charge is -2.57. The first-order valence-corrected chi connectivity index (χ1v) is 15.9. The lowest BCUT2D eigenvalue weighted by molar-refractivity contribution is -0.182. The van der Waals surface area contributed by atoms with E-state index in [9.17, 15) is 9.32 Å². The molecule has 0 unspecified atom stereocenters. The molecule has 202 valence electrons. The highest BCUT2D eigenvalue weighted by molar-refractivity contribution is 7.86. The van der Waals surface area contributed by atoms with Crippen LogP contribution in [0.3, 0.4) is 0 Å². The third-order valence-corrected chi connectivity index (χ3v) is 13.5. The van der Waals surface area contributed by atoms with Crippen molar-refractivity contribution in [1.29, 1.82) is 0 Å². The molecule has 7 rings (SSSR count). The minimum absolute atomic E-state index is 0.182. The second-order valence-corrected chi connectivity index (χ2v) is 15.0. The van der Waals surface area contributed by atoms with Gasteiger partial charge in [-0.2, -0.15) is 0 Å². The van der Waals surface area contributed by atoms with Crippen LogP contribution in [-0.4, -0.2) is 54.5 Å². The zero-order valence-corrected chi connectivity index (χ0v) is 23.1. The third kappa shape index (κ3) is 3.78. The standard InChI is InChI=1S/C30H42N2O4S/c1-20-3-5-26(22-9-13-35-15-22)31-18-30(12-8-24(20)31)17-29(19-37(30)34)11-7-25-21(2)4-6-27(32(25)28(29)33)23-10-14-36-16-23/h9-10,13-16,20-21,24-28,33H,3-8,11-12,17-19H2,1-2H3/t20-,21-,24-,25-,26-,27-,28+,29+,30-,37+/m0/s1. The van der Waals surface area contributed by atoms with E-state index in [0.29, 0.717) is 35.7 Å². The lowest BCUT2D eigenvalue weighted by atomic mass is 9.66. The summed E-state index contributed by atoms with van der Waals surface area (Å²) in [7, 11) is -0.953. The van der Waals surface area contributed by atoms with E-state index in [0.717, 1.165) is 51.5 Å². The van der Waals surface area contributed by atoms with Gasteiger partial charge in [-0.05, 0) is 81.8 Å². The van der Waals surface area contributed by atoms with Crippen LogP contribution >= 0.6 is 0 Å². The number of piperidine rings is 4. The van der Waals surface area contributed by atoms with Crippen molar-refractivity contribution in [2.45, 2.75) is 107 Å². The Kier molecular flexibility index (Phi) is 6.04. The second kappa shape index (κ2) is 9.07. The number of aliphatic hydroxyl groups is 1. The van der Waals surface area contributed by atoms with E-state index in [1.165, 1.54) is 24.0 Å². The predicted octanol–water partition coefficient (Wildman–Crippen LogP) is 5.64. The van der Waals surface area contributed by atoms with Crippen LogP contribution in [-0.2, 0) is 10.8 Å². The Morgan fingerprint density at radius 3 is 2.24 bits per heavy atom. The fraction of sp³-hybridized carbons (Fsp3) is 0.733. The first kappa shape index (κ1) is 24.6. The molecule has 5 aliphatic rings. The van der Waals surface area contributed by atoms with E-state index in [2.05, 4.69) is 35.8 Å². The average molecular weight is 527 g/mol. The molecule has 2 aromatic heterocycles. The molecule has 5 fully saturated rings. The highest BCUT2D eigenvalue weighted by Gasteiger charge is 2.63. The SMILES string of the molecule is C[C@H]1CC[C@@H](c2ccoc2)N2C[C@]3(CC[C@@H]12)C[C@]1(CC[C@H]2[C@@H](C)CC[C@@H](c4ccoc4)N2[C@@H]1O)C[S@]3=O. The maximum atomic E-state index is 14.2. The minimum Gasteiger partial charge on any atom is -0.472 e. The molecule has 37 heavy (non-hydrogen) atoms. The third-order valence-electron chi connectivity index (χ3n) is 11.2. The molecule has 0 bridgehead atoms. The van der Waals surface area contributed by atoms with Crippen LogP contribution in [0.2, 0.25) is 0 Å². The summed E-state index contributed by atoms with van der Waals surface area (Å²) in [6, 6.07) is 5.63. The molecule has 6 nitrogen and oxygen atoms in total. The van der Waals surface area contributed by atoms with Crippen molar-refractivity contribution in [1.82, 2.24) is 9.80 Å². The van der Waals surface area contributed by atoms with Gasteiger partial charge in [-0.15, -0.1) is 0 Å². The molecule has 5 aliphatic heterocycles. The van der Waals surface area contributed by atoms with Gasteiger partial charge < -0.3 is 13.9 Å². The molecule has 10 atom stereocenters. The molecule has 0 aliphatic carbocycles. The van der Waals surface area contributed by atoms with Gasteiger partial charge in [0.2, 0.25) is 0 Å². The molecule has 1 N–H and O–H groups in total. The fourth-order valence-corrected chi connectivity index (χ4v) is 11.6. The van der Waals surface area contributed by atoms with Gasteiger partial charge in [-0.1, -0.05) is 13.8 Å². The number of furan rings is 2. The van der Waals surface area contributed by atoms with E-state index in [4.69, 9.17) is 8.83 Å². The zero-order chi connectivity index (χ0) is 25.4. The molecule has 0 aromatic carbocycles. The Morgan fingerprint density at radius 2 is 1.54 bits per heavy atom. The van der Waals surface area contributed by atoms with Crippen LogP contribution in [0, 0.1) is 17.3 Å². The van der Waals surface area contributed by atoms with Crippen molar-refractivity contribution in [3.05, 3.63) is 48.3 Å². The van der Waals surface area contributed by atoms with Crippen molar-refractivity contribution in [3.8, 4) is 0 Å². The zero-order valence-electron chi connectivity index (χ0n) is 22.3.